The Kier molecular flexibility index (Phi) is 7.74. The van der Waals surface area contributed by atoms with E-state index >= 15 is 0 Å². The minimum atomic E-state index is -0.809. The number of ether oxygens (including phenoxy) is 2. The van der Waals surface area contributed by atoms with Gasteiger partial charge in [-0.15, -0.1) is 11.3 Å². The van der Waals surface area contributed by atoms with Gasteiger partial charge in [0.2, 0.25) is 5.76 Å². The summed E-state index contributed by atoms with van der Waals surface area (Å²) in [4.78, 5) is 29.3. The summed E-state index contributed by atoms with van der Waals surface area (Å²) in [6.07, 6.45) is -1.47. The molecule has 0 aliphatic rings. The molecule has 186 valence electrons. The Labute approximate surface area is 211 Å². The highest BCUT2D eigenvalue weighted by atomic mass is 32.1. The molecule has 4 aromatic rings. The first-order valence-electron chi connectivity index (χ1n) is 11.3. The Morgan fingerprint density at radius 3 is 2.69 bits per heavy atom. The van der Waals surface area contributed by atoms with Crippen LogP contribution in [0.3, 0.4) is 0 Å². The number of hydrogen-bond acceptors (Lipinski definition) is 8. The summed E-state index contributed by atoms with van der Waals surface area (Å²) in [5, 5.41) is 9.04. The van der Waals surface area contributed by atoms with Gasteiger partial charge < -0.3 is 14.0 Å². The second kappa shape index (κ2) is 11.1. The molecular formula is C26H24FN3O5S. The number of thiazole rings is 1. The van der Waals surface area contributed by atoms with Crippen LogP contribution in [0.2, 0.25) is 0 Å². The summed E-state index contributed by atoms with van der Waals surface area (Å²) in [5.74, 6) is -0.520. The molecule has 0 aliphatic carbocycles. The van der Waals surface area contributed by atoms with Gasteiger partial charge in [-0.2, -0.15) is 0 Å². The monoisotopic (exact) mass is 509 g/mol. The first-order chi connectivity index (χ1) is 17.4. The van der Waals surface area contributed by atoms with Crippen molar-refractivity contribution in [2.75, 3.05) is 11.9 Å². The van der Waals surface area contributed by atoms with Crippen molar-refractivity contribution in [3.63, 3.8) is 0 Å². The van der Waals surface area contributed by atoms with E-state index in [0.717, 1.165) is 11.1 Å². The molecule has 0 bridgehead atoms. The lowest BCUT2D eigenvalue weighted by Crippen LogP contribution is -2.17. The van der Waals surface area contributed by atoms with Gasteiger partial charge in [-0.3, -0.25) is 10.1 Å². The van der Waals surface area contributed by atoms with Gasteiger partial charge in [0, 0.05) is 16.5 Å². The third-order valence-electron chi connectivity index (χ3n) is 5.34. The van der Waals surface area contributed by atoms with Crippen LogP contribution in [-0.4, -0.2) is 28.8 Å². The van der Waals surface area contributed by atoms with Crippen molar-refractivity contribution in [1.29, 1.82) is 0 Å². The maximum absolute atomic E-state index is 14.0. The minimum absolute atomic E-state index is 0.124. The van der Waals surface area contributed by atoms with E-state index in [-0.39, 0.29) is 23.7 Å². The predicted octanol–water partition coefficient (Wildman–Crippen LogP) is 6.33. The van der Waals surface area contributed by atoms with Crippen molar-refractivity contribution in [1.82, 2.24) is 10.1 Å². The first-order valence-corrected chi connectivity index (χ1v) is 12.1. The molecule has 8 nitrogen and oxygen atoms in total. The van der Waals surface area contributed by atoms with Crippen LogP contribution in [0, 0.1) is 12.7 Å². The summed E-state index contributed by atoms with van der Waals surface area (Å²) in [7, 11) is 0. The van der Waals surface area contributed by atoms with Gasteiger partial charge in [0.1, 0.15) is 34.0 Å². The van der Waals surface area contributed by atoms with Crippen LogP contribution >= 0.6 is 11.3 Å². The van der Waals surface area contributed by atoms with Crippen molar-refractivity contribution >= 4 is 29.1 Å². The average molecular weight is 510 g/mol. The van der Waals surface area contributed by atoms with E-state index in [2.05, 4.69) is 15.5 Å². The standard InChI is InChI=1S/C26H24FN3O5S/c1-4-33-22(31)13-17-9-5-6-11-19(17)25-28-21(14-36-25)24-23(15(2)30-35-24)29-26(32)34-16(3)18-10-7-8-12-20(18)27/h5-12,14,16H,4,13H2,1-3H3,(H,29,32)/t16-/m1/s1. The fraction of sp³-hybridized carbons (Fsp3) is 0.231. The molecule has 0 unspecified atom stereocenters. The van der Waals surface area contributed by atoms with Gasteiger partial charge in [0.25, 0.3) is 0 Å². The summed E-state index contributed by atoms with van der Waals surface area (Å²) >= 11 is 1.36. The molecule has 2 aromatic heterocycles. The summed E-state index contributed by atoms with van der Waals surface area (Å²) < 4.78 is 29.9. The highest BCUT2D eigenvalue weighted by Crippen LogP contribution is 2.36. The molecular weight excluding hydrogens is 485 g/mol. The Morgan fingerprint density at radius 2 is 1.92 bits per heavy atom. The molecule has 36 heavy (non-hydrogen) atoms. The molecule has 2 aromatic carbocycles. The Bertz CT molecular complexity index is 1380. The number of nitrogens with zero attached hydrogens (tertiary/aromatic N) is 2. The molecule has 4 rings (SSSR count). The number of aromatic nitrogens is 2. The van der Waals surface area contributed by atoms with E-state index in [1.807, 2.05) is 24.3 Å². The third-order valence-corrected chi connectivity index (χ3v) is 6.22. The Hall–Kier alpha value is -4.05. The van der Waals surface area contributed by atoms with E-state index in [1.165, 1.54) is 17.4 Å². The largest absolute Gasteiger partial charge is 0.466 e. The molecule has 0 saturated heterocycles. The van der Waals surface area contributed by atoms with Crippen molar-refractivity contribution < 1.29 is 28.0 Å². The summed E-state index contributed by atoms with van der Waals surface area (Å²) in [6.45, 7) is 5.33. The minimum Gasteiger partial charge on any atom is -0.466 e. The highest BCUT2D eigenvalue weighted by molar-refractivity contribution is 7.13. The van der Waals surface area contributed by atoms with Crippen molar-refractivity contribution in [3.8, 4) is 22.0 Å². The second-order valence-corrected chi connectivity index (χ2v) is 8.70. The number of benzene rings is 2. The van der Waals surface area contributed by atoms with Gasteiger partial charge in [-0.25, -0.2) is 14.2 Å². The van der Waals surface area contributed by atoms with Gasteiger partial charge in [-0.05, 0) is 32.4 Å². The Morgan fingerprint density at radius 1 is 1.17 bits per heavy atom. The summed E-state index contributed by atoms with van der Waals surface area (Å²) in [6, 6.07) is 13.5. The molecule has 1 amide bonds. The Balaban J connectivity index is 1.54. The lowest BCUT2D eigenvalue weighted by molar-refractivity contribution is -0.142. The number of hydrogen-bond donors (Lipinski definition) is 1. The number of nitrogens with one attached hydrogen (secondary N) is 1. The lowest BCUT2D eigenvalue weighted by Gasteiger charge is -2.14. The molecule has 1 N–H and O–H groups in total. The third kappa shape index (κ3) is 5.60. The normalized spacial score (nSPS) is 11.7. The van der Waals surface area contributed by atoms with Crippen molar-refractivity contribution in [2.24, 2.45) is 0 Å². The fourth-order valence-electron chi connectivity index (χ4n) is 3.60. The molecule has 1 atom stereocenters. The maximum atomic E-state index is 14.0. The van der Waals surface area contributed by atoms with E-state index in [0.29, 0.717) is 28.7 Å². The van der Waals surface area contributed by atoms with Crippen LogP contribution in [0.5, 0.6) is 0 Å². The number of aryl methyl sites for hydroxylation is 1. The van der Waals surface area contributed by atoms with E-state index in [4.69, 9.17) is 14.0 Å². The van der Waals surface area contributed by atoms with Crippen LogP contribution in [0.1, 0.15) is 36.8 Å². The van der Waals surface area contributed by atoms with Crippen LogP contribution in [0.15, 0.2) is 58.4 Å². The average Bonchev–Trinajstić information content (AvgIpc) is 3.47. The van der Waals surface area contributed by atoms with Crippen molar-refractivity contribution in [3.05, 3.63) is 76.5 Å². The lowest BCUT2D eigenvalue weighted by atomic mass is 10.1. The SMILES string of the molecule is CCOC(=O)Cc1ccccc1-c1nc(-c2onc(C)c2NC(=O)O[C@H](C)c2ccccc2F)cs1. The number of rotatable bonds is 8. The molecule has 0 saturated carbocycles. The molecule has 10 heteroatoms. The molecule has 0 spiro atoms. The van der Waals surface area contributed by atoms with Gasteiger partial charge in [-0.1, -0.05) is 47.6 Å². The predicted molar refractivity (Wildman–Crippen MR) is 133 cm³/mol. The van der Waals surface area contributed by atoms with Crippen LogP contribution in [0.4, 0.5) is 14.9 Å². The zero-order valence-electron chi connectivity index (χ0n) is 19.9. The summed E-state index contributed by atoms with van der Waals surface area (Å²) in [5.41, 5.74) is 3.04. The zero-order valence-corrected chi connectivity index (χ0v) is 20.7. The number of amides is 1. The van der Waals surface area contributed by atoms with Crippen LogP contribution in [-0.2, 0) is 20.7 Å². The quantitative estimate of drug-likeness (QED) is 0.277. The number of carbonyl (C=O) groups is 2. The number of anilines is 1. The molecule has 2 heterocycles. The first kappa shape index (κ1) is 25.1. The fourth-order valence-corrected chi connectivity index (χ4v) is 4.46. The van der Waals surface area contributed by atoms with E-state index < -0.39 is 18.0 Å². The number of esters is 1. The van der Waals surface area contributed by atoms with Crippen LogP contribution in [0.25, 0.3) is 22.0 Å². The maximum Gasteiger partial charge on any atom is 0.412 e. The van der Waals surface area contributed by atoms with Gasteiger partial charge in [0.15, 0.2) is 0 Å². The molecule has 0 fully saturated rings. The van der Waals surface area contributed by atoms with E-state index in [9.17, 15) is 14.0 Å². The number of halogens is 1. The van der Waals surface area contributed by atoms with Crippen molar-refractivity contribution in [2.45, 2.75) is 33.3 Å². The van der Waals surface area contributed by atoms with Gasteiger partial charge in [0.05, 0.1) is 13.0 Å². The molecule has 0 aliphatic heterocycles. The highest BCUT2D eigenvalue weighted by Gasteiger charge is 2.23. The number of carbonyl (C=O) groups excluding carboxylic acids is 2. The van der Waals surface area contributed by atoms with Gasteiger partial charge >= 0.3 is 12.1 Å². The topological polar surface area (TPSA) is 104 Å². The molecule has 0 radical (unpaired) electrons. The second-order valence-electron chi connectivity index (χ2n) is 7.84. The van der Waals surface area contributed by atoms with E-state index in [1.54, 1.807) is 44.4 Å². The smallest absolute Gasteiger partial charge is 0.412 e. The van der Waals surface area contributed by atoms with Crippen LogP contribution < -0.4 is 5.32 Å². The zero-order chi connectivity index (χ0) is 25.7.